The van der Waals surface area contributed by atoms with Gasteiger partial charge in [0.05, 0.1) is 0 Å². The molecule has 0 aromatic carbocycles. The Balaban J connectivity index is 2.15. The lowest BCUT2D eigenvalue weighted by Gasteiger charge is -2.13. The van der Waals surface area contributed by atoms with Gasteiger partial charge in [-0.05, 0) is 31.7 Å². The van der Waals surface area contributed by atoms with Crippen LogP contribution >= 0.6 is 0 Å². The number of rotatable bonds is 5. The topological polar surface area (TPSA) is 88.4 Å². The molecule has 1 heterocycles. The summed E-state index contributed by atoms with van der Waals surface area (Å²) in [7, 11) is 1.65. The molecular weight excluding hydrogens is 248 g/mol. The van der Waals surface area contributed by atoms with E-state index in [1.807, 2.05) is 0 Å². The number of carbonyl (C=O) groups is 3. The van der Waals surface area contributed by atoms with E-state index >= 15 is 0 Å². The molecule has 1 aliphatic rings. The molecule has 0 aliphatic heterocycles. The fourth-order valence-electron chi connectivity index (χ4n) is 2.01. The quantitative estimate of drug-likeness (QED) is 0.771. The second-order valence-electron chi connectivity index (χ2n) is 4.91. The highest BCUT2D eigenvalue weighted by Crippen LogP contribution is 2.32. The van der Waals surface area contributed by atoms with Gasteiger partial charge in [-0.3, -0.25) is 9.59 Å². The third-order valence-corrected chi connectivity index (χ3v) is 3.29. The molecule has 1 aliphatic carbocycles. The van der Waals surface area contributed by atoms with Crippen LogP contribution < -0.4 is 5.32 Å². The molecule has 1 amide bonds. The summed E-state index contributed by atoms with van der Waals surface area (Å²) in [6.07, 6.45) is 3.20. The Bertz CT molecular complexity index is 543. The first-order valence-corrected chi connectivity index (χ1v) is 6.11. The van der Waals surface area contributed by atoms with E-state index in [9.17, 15) is 14.4 Å². The van der Waals surface area contributed by atoms with E-state index in [4.69, 9.17) is 5.11 Å². The number of nitrogens with one attached hydrogen (secondary N) is 1. The normalized spacial score (nSPS) is 15.9. The van der Waals surface area contributed by atoms with E-state index in [0.29, 0.717) is 5.56 Å². The lowest BCUT2D eigenvalue weighted by atomic mass is 10.2. The predicted octanol–water partition coefficient (Wildman–Crippen LogP) is 0.821. The molecule has 6 nitrogen and oxygen atoms in total. The van der Waals surface area contributed by atoms with Gasteiger partial charge in [0.2, 0.25) is 0 Å². The number of aromatic nitrogens is 1. The predicted molar refractivity (Wildman–Crippen MR) is 67.0 cm³/mol. The van der Waals surface area contributed by atoms with Gasteiger partial charge in [0.25, 0.3) is 5.91 Å². The van der Waals surface area contributed by atoms with E-state index in [2.05, 4.69) is 5.32 Å². The molecule has 6 heteroatoms. The van der Waals surface area contributed by atoms with Crippen LogP contribution in [0.25, 0.3) is 0 Å². The minimum absolute atomic E-state index is 0.0222. The maximum Gasteiger partial charge on any atom is 0.326 e. The number of aliphatic carboxylic acids is 1. The number of amides is 1. The van der Waals surface area contributed by atoms with E-state index in [1.54, 1.807) is 13.2 Å². The van der Waals surface area contributed by atoms with Crippen molar-refractivity contribution in [3.63, 3.8) is 0 Å². The minimum Gasteiger partial charge on any atom is -0.480 e. The van der Waals surface area contributed by atoms with E-state index < -0.39 is 17.9 Å². The Morgan fingerprint density at radius 1 is 1.42 bits per heavy atom. The summed E-state index contributed by atoms with van der Waals surface area (Å²) in [6.45, 7) is 1.42. The third kappa shape index (κ3) is 2.83. The van der Waals surface area contributed by atoms with E-state index in [1.165, 1.54) is 17.6 Å². The van der Waals surface area contributed by atoms with Crippen LogP contribution in [0.4, 0.5) is 0 Å². The highest BCUT2D eigenvalue weighted by atomic mass is 16.4. The van der Waals surface area contributed by atoms with Gasteiger partial charge >= 0.3 is 5.97 Å². The van der Waals surface area contributed by atoms with Gasteiger partial charge in [-0.25, -0.2) is 4.79 Å². The van der Waals surface area contributed by atoms with Gasteiger partial charge in [0.15, 0.2) is 5.78 Å². The lowest BCUT2D eigenvalue weighted by Crippen LogP contribution is -2.42. The summed E-state index contributed by atoms with van der Waals surface area (Å²) in [6, 6.07) is 0.631. The van der Waals surface area contributed by atoms with Crippen molar-refractivity contribution in [3.05, 3.63) is 23.5 Å². The Morgan fingerprint density at radius 3 is 2.47 bits per heavy atom. The number of hydrogen-bond donors (Lipinski definition) is 2. The molecule has 1 aromatic rings. The number of Topliss-reactive ketones (excluding diaryl/α,β-unsaturated/α-hetero) is 1. The highest BCUT2D eigenvalue weighted by Gasteiger charge is 2.37. The molecule has 1 aromatic heterocycles. The molecule has 1 saturated carbocycles. The monoisotopic (exact) mass is 264 g/mol. The Kier molecular flexibility index (Phi) is 3.42. The third-order valence-electron chi connectivity index (χ3n) is 3.29. The summed E-state index contributed by atoms with van der Waals surface area (Å²) in [5.41, 5.74) is 0.725. The smallest absolute Gasteiger partial charge is 0.326 e. The number of nitrogens with zero attached hydrogens (tertiary/aromatic N) is 1. The Morgan fingerprint density at radius 2 is 2.05 bits per heavy atom. The first-order chi connectivity index (χ1) is 8.90. The molecule has 0 radical (unpaired) electrons. The number of ketones is 1. The highest BCUT2D eigenvalue weighted by molar-refractivity contribution is 6.00. The maximum atomic E-state index is 12.0. The zero-order chi connectivity index (χ0) is 14.2. The maximum absolute atomic E-state index is 12.0. The summed E-state index contributed by atoms with van der Waals surface area (Å²) in [4.78, 5) is 34.4. The van der Waals surface area contributed by atoms with Crippen LogP contribution in [-0.2, 0) is 11.8 Å². The SMILES string of the molecule is CC(=O)c1cc(C(=O)NC(C(=O)O)C2CC2)n(C)c1. The molecule has 0 saturated heterocycles. The second kappa shape index (κ2) is 4.87. The van der Waals surface area contributed by atoms with Crippen LogP contribution in [0.5, 0.6) is 0 Å². The first-order valence-electron chi connectivity index (χ1n) is 6.11. The van der Waals surface area contributed by atoms with Crippen LogP contribution in [-0.4, -0.2) is 33.4 Å². The zero-order valence-corrected chi connectivity index (χ0v) is 10.8. The summed E-state index contributed by atoms with van der Waals surface area (Å²) < 4.78 is 1.53. The van der Waals surface area contributed by atoms with Crippen molar-refractivity contribution in [3.8, 4) is 0 Å². The van der Waals surface area contributed by atoms with Crippen molar-refractivity contribution in [2.45, 2.75) is 25.8 Å². The number of hydrogen-bond acceptors (Lipinski definition) is 3. The van der Waals surface area contributed by atoms with Gasteiger partial charge in [-0.15, -0.1) is 0 Å². The van der Waals surface area contributed by atoms with Gasteiger partial charge in [-0.2, -0.15) is 0 Å². The molecule has 1 atom stereocenters. The summed E-state index contributed by atoms with van der Waals surface area (Å²) in [5.74, 6) is -1.59. The number of carboxylic acids is 1. The minimum atomic E-state index is -1.02. The van der Waals surface area contributed by atoms with Crippen LogP contribution in [0.15, 0.2) is 12.3 Å². The molecule has 0 spiro atoms. The summed E-state index contributed by atoms with van der Waals surface area (Å²) in [5, 5.41) is 11.6. The van der Waals surface area contributed by atoms with Gasteiger partial charge < -0.3 is 15.0 Å². The summed E-state index contributed by atoms with van der Waals surface area (Å²) >= 11 is 0. The number of aryl methyl sites for hydroxylation is 1. The molecule has 2 rings (SSSR count). The van der Waals surface area contributed by atoms with Crippen molar-refractivity contribution in [1.29, 1.82) is 0 Å². The van der Waals surface area contributed by atoms with Crippen molar-refractivity contribution in [2.24, 2.45) is 13.0 Å². The Hall–Kier alpha value is -2.11. The molecule has 1 unspecified atom stereocenters. The van der Waals surface area contributed by atoms with E-state index in [0.717, 1.165) is 12.8 Å². The fourth-order valence-corrected chi connectivity index (χ4v) is 2.01. The van der Waals surface area contributed by atoms with Gasteiger partial charge in [0, 0.05) is 18.8 Å². The van der Waals surface area contributed by atoms with Crippen LogP contribution in [0.1, 0.15) is 40.6 Å². The molecule has 0 bridgehead atoms. The lowest BCUT2D eigenvalue weighted by molar-refractivity contribution is -0.139. The first kappa shape index (κ1) is 13.3. The molecule has 2 N–H and O–H groups in total. The zero-order valence-electron chi connectivity index (χ0n) is 10.8. The average molecular weight is 264 g/mol. The van der Waals surface area contributed by atoms with Crippen molar-refractivity contribution < 1.29 is 19.5 Å². The van der Waals surface area contributed by atoms with Crippen molar-refractivity contribution in [2.75, 3.05) is 0 Å². The standard InChI is InChI=1S/C13H16N2O4/c1-7(16)9-5-10(15(2)6-9)12(17)14-11(13(18)19)8-3-4-8/h5-6,8,11H,3-4H2,1-2H3,(H,14,17)(H,18,19). The van der Waals surface area contributed by atoms with Crippen LogP contribution in [0.3, 0.4) is 0 Å². The largest absolute Gasteiger partial charge is 0.480 e. The second-order valence-corrected chi connectivity index (χ2v) is 4.91. The molecule has 19 heavy (non-hydrogen) atoms. The Labute approximate surface area is 110 Å². The van der Waals surface area contributed by atoms with Gasteiger partial charge in [-0.1, -0.05) is 0 Å². The van der Waals surface area contributed by atoms with Crippen molar-refractivity contribution in [1.82, 2.24) is 9.88 Å². The fraction of sp³-hybridized carbons (Fsp3) is 0.462. The van der Waals surface area contributed by atoms with Crippen LogP contribution in [0, 0.1) is 5.92 Å². The van der Waals surface area contributed by atoms with E-state index in [-0.39, 0.29) is 17.4 Å². The number of carboxylic acid groups (broad SMARTS) is 1. The molecule has 102 valence electrons. The van der Waals surface area contributed by atoms with Crippen LogP contribution in [0.2, 0.25) is 0 Å². The average Bonchev–Trinajstić information content (AvgIpc) is 3.07. The molecule has 1 fully saturated rings. The number of carbonyl (C=O) groups excluding carboxylic acids is 2. The van der Waals surface area contributed by atoms with Crippen molar-refractivity contribution >= 4 is 17.7 Å². The molecular formula is C13H16N2O4. The van der Waals surface area contributed by atoms with Gasteiger partial charge in [0.1, 0.15) is 11.7 Å².